The molecule has 2 N–H and O–H groups in total. The molecule has 0 aliphatic carbocycles. The predicted molar refractivity (Wildman–Crippen MR) is 80.1 cm³/mol. The van der Waals surface area contributed by atoms with E-state index in [0.717, 1.165) is 5.92 Å². The third-order valence-corrected chi connectivity index (χ3v) is 4.37. The molecule has 2 aromatic rings. The van der Waals surface area contributed by atoms with E-state index in [2.05, 4.69) is 48.0 Å². The third kappa shape index (κ3) is 2.40. The van der Waals surface area contributed by atoms with Crippen LogP contribution >= 0.6 is 0 Å². The summed E-state index contributed by atoms with van der Waals surface area (Å²) in [6.07, 6.45) is 4.81. The fourth-order valence-corrected chi connectivity index (χ4v) is 3.31. The number of rotatable bonds is 3. The van der Waals surface area contributed by atoms with E-state index in [0.29, 0.717) is 6.54 Å². The highest BCUT2D eigenvalue weighted by molar-refractivity contribution is 5.84. The summed E-state index contributed by atoms with van der Waals surface area (Å²) in [6, 6.07) is 6.60. The molecule has 0 bridgehead atoms. The van der Waals surface area contributed by atoms with Gasteiger partial charge in [0.25, 0.3) is 0 Å². The molecule has 1 aromatic heterocycles. The predicted octanol–water partition coefficient (Wildman–Crippen LogP) is 2.13. The van der Waals surface area contributed by atoms with Gasteiger partial charge in [0.1, 0.15) is 0 Å². The van der Waals surface area contributed by atoms with E-state index in [1.54, 1.807) is 0 Å². The smallest absolute Gasteiger partial charge is 0.0480 e. The Hall–Kier alpha value is -1.32. The van der Waals surface area contributed by atoms with E-state index in [1.807, 2.05) is 0 Å². The SMILES string of the molecule is CN1CCC(Cc2cn(C)c3ccc(CN)cc23)C1. The van der Waals surface area contributed by atoms with Gasteiger partial charge in [0, 0.05) is 37.2 Å². The van der Waals surface area contributed by atoms with E-state index >= 15 is 0 Å². The lowest BCUT2D eigenvalue weighted by Gasteiger charge is -2.09. The molecular formula is C16H23N3. The van der Waals surface area contributed by atoms with Crippen molar-refractivity contribution in [1.82, 2.24) is 9.47 Å². The average molecular weight is 257 g/mol. The molecule has 1 aliphatic rings. The molecule has 3 rings (SSSR count). The molecule has 1 aliphatic heterocycles. The maximum Gasteiger partial charge on any atom is 0.0480 e. The van der Waals surface area contributed by atoms with Crippen LogP contribution in [-0.4, -0.2) is 29.6 Å². The first-order valence-electron chi connectivity index (χ1n) is 7.13. The number of hydrogen-bond donors (Lipinski definition) is 1. The number of aromatic nitrogens is 1. The van der Waals surface area contributed by atoms with Gasteiger partial charge >= 0.3 is 0 Å². The summed E-state index contributed by atoms with van der Waals surface area (Å²) >= 11 is 0. The minimum absolute atomic E-state index is 0.621. The summed E-state index contributed by atoms with van der Waals surface area (Å²) < 4.78 is 2.24. The summed E-state index contributed by atoms with van der Waals surface area (Å²) in [5, 5.41) is 1.39. The Bertz CT molecular complexity index is 585. The van der Waals surface area contributed by atoms with Crippen LogP contribution < -0.4 is 5.73 Å². The number of likely N-dealkylation sites (tertiary alicyclic amines) is 1. The van der Waals surface area contributed by atoms with Gasteiger partial charge in [-0.1, -0.05) is 6.07 Å². The highest BCUT2D eigenvalue weighted by atomic mass is 15.1. The van der Waals surface area contributed by atoms with E-state index in [4.69, 9.17) is 5.73 Å². The Morgan fingerprint density at radius 2 is 2.16 bits per heavy atom. The number of benzene rings is 1. The summed E-state index contributed by atoms with van der Waals surface area (Å²) in [5.41, 5.74) is 9.79. The summed E-state index contributed by atoms with van der Waals surface area (Å²) in [4.78, 5) is 2.43. The standard InChI is InChI=1S/C16H23N3/c1-18-6-5-13(10-18)7-14-11-19(2)16-4-3-12(9-17)8-15(14)16/h3-4,8,11,13H,5-7,9-10,17H2,1-2H3. The van der Waals surface area contributed by atoms with Crippen molar-refractivity contribution in [2.24, 2.45) is 18.7 Å². The van der Waals surface area contributed by atoms with Crippen molar-refractivity contribution in [3.05, 3.63) is 35.5 Å². The number of nitrogens with zero attached hydrogens (tertiary/aromatic N) is 2. The molecule has 0 radical (unpaired) electrons. The monoisotopic (exact) mass is 257 g/mol. The Kier molecular flexibility index (Phi) is 3.33. The number of nitrogens with two attached hydrogens (primary N) is 1. The molecule has 19 heavy (non-hydrogen) atoms. The van der Waals surface area contributed by atoms with Crippen LogP contribution in [0.25, 0.3) is 10.9 Å². The summed E-state index contributed by atoms with van der Waals surface area (Å²) in [5.74, 6) is 0.803. The van der Waals surface area contributed by atoms with E-state index in [-0.39, 0.29) is 0 Å². The van der Waals surface area contributed by atoms with Crippen LogP contribution in [0.1, 0.15) is 17.5 Å². The lowest BCUT2D eigenvalue weighted by atomic mass is 9.97. The second kappa shape index (κ2) is 4.99. The maximum absolute atomic E-state index is 5.77. The van der Waals surface area contributed by atoms with Crippen LogP contribution in [0.2, 0.25) is 0 Å². The van der Waals surface area contributed by atoms with Gasteiger partial charge in [0.05, 0.1) is 0 Å². The van der Waals surface area contributed by atoms with Crippen LogP contribution in [0.15, 0.2) is 24.4 Å². The number of fused-ring (bicyclic) bond motifs is 1. The van der Waals surface area contributed by atoms with Gasteiger partial charge in [0.15, 0.2) is 0 Å². The van der Waals surface area contributed by atoms with Crippen LogP contribution in [0, 0.1) is 5.92 Å². The lowest BCUT2D eigenvalue weighted by molar-refractivity contribution is 0.394. The van der Waals surface area contributed by atoms with Crippen molar-refractivity contribution in [1.29, 1.82) is 0 Å². The topological polar surface area (TPSA) is 34.2 Å². The first kappa shape index (κ1) is 12.7. The Morgan fingerprint density at radius 3 is 2.84 bits per heavy atom. The van der Waals surface area contributed by atoms with Gasteiger partial charge in [-0.05, 0) is 55.6 Å². The zero-order valence-corrected chi connectivity index (χ0v) is 11.9. The highest BCUT2D eigenvalue weighted by Crippen LogP contribution is 2.27. The minimum atomic E-state index is 0.621. The zero-order chi connectivity index (χ0) is 13.4. The average Bonchev–Trinajstić information content (AvgIpc) is 2.95. The molecule has 1 fully saturated rings. The molecule has 1 unspecified atom stereocenters. The minimum Gasteiger partial charge on any atom is -0.350 e. The van der Waals surface area contributed by atoms with Gasteiger partial charge in [-0.15, -0.1) is 0 Å². The van der Waals surface area contributed by atoms with Crippen LogP contribution in [-0.2, 0) is 20.0 Å². The second-order valence-electron chi connectivity index (χ2n) is 5.94. The quantitative estimate of drug-likeness (QED) is 0.914. The molecule has 1 saturated heterocycles. The maximum atomic E-state index is 5.77. The fourth-order valence-electron chi connectivity index (χ4n) is 3.31. The molecule has 3 heteroatoms. The van der Waals surface area contributed by atoms with Crippen molar-refractivity contribution in [3.8, 4) is 0 Å². The molecule has 2 heterocycles. The van der Waals surface area contributed by atoms with Gasteiger partial charge in [-0.2, -0.15) is 0 Å². The van der Waals surface area contributed by atoms with Crippen molar-refractivity contribution in [3.63, 3.8) is 0 Å². The lowest BCUT2D eigenvalue weighted by Crippen LogP contribution is -2.14. The number of hydrogen-bond acceptors (Lipinski definition) is 2. The van der Waals surface area contributed by atoms with Crippen molar-refractivity contribution in [2.75, 3.05) is 20.1 Å². The Balaban J connectivity index is 1.93. The third-order valence-electron chi connectivity index (χ3n) is 4.37. The van der Waals surface area contributed by atoms with Gasteiger partial charge in [0.2, 0.25) is 0 Å². The van der Waals surface area contributed by atoms with Crippen LogP contribution in [0.4, 0.5) is 0 Å². The van der Waals surface area contributed by atoms with Crippen molar-refractivity contribution >= 4 is 10.9 Å². The molecule has 3 nitrogen and oxygen atoms in total. The van der Waals surface area contributed by atoms with Crippen LogP contribution in [0.5, 0.6) is 0 Å². The van der Waals surface area contributed by atoms with Crippen LogP contribution in [0.3, 0.4) is 0 Å². The van der Waals surface area contributed by atoms with Gasteiger partial charge < -0.3 is 15.2 Å². The Morgan fingerprint density at radius 1 is 1.32 bits per heavy atom. The second-order valence-corrected chi connectivity index (χ2v) is 5.94. The number of aryl methyl sites for hydroxylation is 1. The summed E-state index contributed by atoms with van der Waals surface area (Å²) in [7, 11) is 4.35. The molecule has 1 atom stereocenters. The van der Waals surface area contributed by atoms with Crippen molar-refractivity contribution in [2.45, 2.75) is 19.4 Å². The molecule has 1 aromatic carbocycles. The molecule has 0 saturated carbocycles. The first-order chi connectivity index (χ1) is 9.17. The Labute approximate surface area is 115 Å². The molecule has 102 valence electrons. The normalized spacial score (nSPS) is 20.5. The molecule has 0 spiro atoms. The fraction of sp³-hybridized carbons (Fsp3) is 0.500. The van der Waals surface area contributed by atoms with Gasteiger partial charge in [-0.3, -0.25) is 0 Å². The first-order valence-corrected chi connectivity index (χ1v) is 7.13. The molecule has 0 amide bonds. The van der Waals surface area contributed by atoms with Crippen molar-refractivity contribution < 1.29 is 0 Å². The zero-order valence-electron chi connectivity index (χ0n) is 11.9. The van der Waals surface area contributed by atoms with E-state index < -0.39 is 0 Å². The van der Waals surface area contributed by atoms with E-state index in [1.165, 1.54) is 48.0 Å². The summed E-state index contributed by atoms with van der Waals surface area (Å²) in [6.45, 7) is 3.09. The molecular weight excluding hydrogens is 234 g/mol. The largest absolute Gasteiger partial charge is 0.350 e. The van der Waals surface area contributed by atoms with E-state index in [9.17, 15) is 0 Å². The van der Waals surface area contributed by atoms with Gasteiger partial charge in [-0.25, -0.2) is 0 Å². The highest BCUT2D eigenvalue weighted by Gasteiger charge is 2.21.